The van der Waals surface area contributed by atoms with Crippen LogP contribution in [0.3, 0.4) is 0 Å². The van der Waals surface area contributed by atoms with Gasteiger partial charge in [0.15, 0.2) is 5.69 Å². The van der Waals surface area contributed by atoms with E-state index < -0.39 is 15.9 Å². The van der Waals surface area contributed by atoms with Crippen LogP contribution in [0.1, 0.15) is 29.6 Å². The summed E-state index contributed by atoms with van der Waals surface area (Å²) in [4.78, 5) is 12.5. The first-order valence-corrected chi connectivity index (χ1v) is 10.8. The Hall–Kier alpha value is -2.70. The molecule has 12 heteroatoms. The average Bonchev–Trinajstić information content (AvgIpc) is 3.40. The first-order chi connectivity index (χ1) is 13.5. The Morgan fingerprint density at radius 1 is 1.07 bits per heavy atom. The second-order valence-corrected chi connectivity index (χ2v) is 8.69. The van der Waals surface area contributed by atoms with E-state index >= 15 is 0 Å². The molecule has 0 bridgehead atoms. The number of aromatic nitrogens is 4. The Bertz CT molecular complexity index is 1060. The van der Waals surface area contributed by atoms with E-state index in [1.165, 1.54) is 28.6 Å². The number of carbonyl (C=O) groups excluding carboxylic acids is 1. The van der Waals surface area contributed by atoms with Gasteiger partial charge in [-0.05, 0) is 48.6 Å². The Morgan fingerprint density at radius 2 is 1.82 bits per heavy atom. The molecule has 1 amide bonds. The van der Waals surface area contributed by atoms with Crippen LogP contribution < -0.4 is 5.32 Å². The van der Waals surface area contributed by atoms with E-state index in [0.29, 0.717) is 18.8 Å². The molecule has 2 aromatic heterocycles. The van der Waals surface area contributed by atoms with Crippen LogP contribution in [-0.2, 0) is 10.0 Å². The normalized spacial score (nSPS) is 15.4. The van der Waals surface area contributed by atoms with Gasteiger partial charge in [0, 0.05) is 24.0 Å². The molecule has 1 N–H and O–H groups in total. The molecule has 3 aromatic rings. The van der Waals surface area contributed by atoms with Crippen molar-refractivity contribution in [3.05, 3.63) is 35.2 Å². The van der Waals surface area contributed by atoms with E-state index in [1.807, 2.05) is 0 Å². The highest BCUT2D eigenvalue weighted by atomic mass is 32.2. The minimum atomic E-state index is -3.54. The molecule has 1 saturated heterocycles. The van der Waals surface area contributed by atoms with Crippen molar-refractivity contribution in [2.24, 2.45) is 0 Å². The summed E-state index contributed by atoms with van der Waals surface area (Å²) in [5, 5.41) is 15.5. The number of nitrogens with one attached hydrogen (secondary N) is 1. The van der Waals surface area contributed by atoms with Crippen LogP contribution in [0.25, 0.3) is 11.6 Å². The molecule has 1 aliphatic heterocycles. The van der Waals surface area contributed by atoms with E-state index in [-0.39, 0.29) is 22.4 Å². The Labute approximate surface area is 164 Å². The van der Waals surface area contributed by atoms with Gasteiger partial charge in [-0.1, -0.05) is 16.0 Å². The van der Waals surface area contributed by atoms with Crippen molar-refractivity contribution in [2.75, 3.05) is 18.4 Å². The first-order valence-electron chi connectivity index (χ1n) is 8.56. The highest BCUT2D eigenvalue weighted by Crippen LogP contribution is 2.22. The van der Waals surface area contributed by atoms with Crippen molar-refractivity contribution in [2.45, 2.75) is 24.2 Å². The summed E-state index contributed by atoms with van der Waals surface area (Å²) in [5.74, 6) is -0.347. The molecule has 1 fully saturated rings. The van der Waals surface area contributed by atoms with Gasteiger partial charge in [0.25, 0.3) is 11.8 Å². The number of sulfonamides is 1. The van der Waals surface area contributed by atoms with Crippen LogP contribution in [0.5, 0.6) is 0 Å². The lowest BCUT2D eigenvalue weighted by Gasteiger charge is -2.25. The molecule has 0 saturated carbocycles. The van der Waals surface area contributed by atoms with Crippen LogP contribution in [-0.4, -0.2) is 51.5 Å². The summed E-state index contributed by atoms with van der Waals surface area (Å²) >= 11 is 1.14. The van der Waals surface area contributed by atoms with Gasteiger partial charge in [0.1, 0.15) is 0 Å². The maximum Gasteiger partial charge on any atom is 0.322 e. The molecule has 146 valence electrons. The van der Waals surface area contributed by atoms with Gasteiger partial charge in [-0.3, -0.25) is 10.1 Å². The molecule has 3 heterocycles. The fourth-order valence-corrected chi connectivity index (χ4v) is 4.78. The smallest absolute Gasteiger partial charge is 0.322 e. The van der Waals surface area contributed by atoms with Crippen molar-refractivity contribution in [3.63, 3.8) is 0 Å². The van der Waals surface area contributed by atoms with E-state index in [9.17, 15) is 13.2 Å². The summed E-state index contributed by atoms with van der Waals surface area (Å²) in [6.07, 6.45) is 2.77. The quantitative estimate of drug-likeness (QED) is 0.663. The van der Waals surface area contributed by atoms with Crippen LogP contribution in [0.2, 0.25) is 0 Å². The van der Waals surface area contributed by atoms with E-state index in [4.69, 9.17) is 4.42 Å². The van der Waals surface area contributed by atoms with Gasteiger partial charge in [-0.25, -0.2) is 8.42 Å². The summed E-state index contributed by atoms with van der Waals surface area (Å²) in [6, 6.07) is 5.68. The minimum absolute atomic E-state index is 0.0852. The lowest BCUT2D eigenvalue weighted by molar-refractivity contribution is 0.102. The van der Waals surface area contributed by atoms with E-state index in [1.54, 1.807) is 5.38 Å². The van der Waals surface area contributed by atoms with Crippen molar-refractivity contribution < 1.29 is 17.6 Å². The Kier molecular flexibility index (Phi) is 5.15. The molecule has 0 spiro atoms. The van der Waals surface area contributed by atoms with Crippen molar-refractivity contribution in [1.82, 2.24) is 24.1 Å². The molecule has 4 rings (SSSR count). The molecular weight excluding hydrogens is 404 g/mol. The minimum Gasteiger partial charge on any atom is -0.401 e. The third-order valence-corrected chi connectivity index (χ3v) is 6.71. The number of hydrogen-bond donors (Lipinski definition) is 1. The fraction of sp³-hybridized carbons (Fsp3) is 0.312. The van der Waals surface area contributed by atoms with Gasteiger partial charge in [0.05, 0.1) is 4.90 Å². The molecule has 0 aliphatic carbocycles. The topological polar surface area (TPSA) is 131 Å². The summed E-state index contributed by atoms with van der Waals surface area (Å²) < 4.78 is 35.8. The lowest BCUT2D eigenvalue weighted by atomic mass is 10.2. The monoisotopic (exact) mass is 420 g/mol. The van der Waals surface area contributed by atoms with Crippen molar-refractivity contribution >= 4 is 33.5 Å². The number of rotatable bonds is 5. The second-order valence-electron chi connectivity index (χ2n) is 6.15. The average molecular weight is 420 g/mol. The van der Waals surface area contributed by atoms with E-state index in [0.717, 1.165) is 30.8 Å². The number of piperidine rings is 1. The molecular formula is C16H16N6O4S2. The van der Waals surface area contributed by atoms with E-state index in [2.05, 4.69) is 25.1 Å². The molecule has 1 aliphatic rings. The predicted molar refractivity (Wildman–Crippen MR) is 100 cm³/mol. The zero-order chi connectivity index (χ0) is 19.6. The zero-order valence-corrected chi connectivity index (χ0v) is 16.2. The fourth-order valence-electron chi connectivity index (χ4n) is 2.84. The maximum absolute atomic E-state index is 12.7. The van der Waals surface area contributed by atoms with Gasteiger partial charge in [-0.2, -0.15) is 4.31 Å². The van der Waals surface area contributed by atoms with Crippen molar-refractivity contribution in [3.8, 4) is 11.6 Å². The number of nitrogens with zero attached hydrogens (tertiary/aromatic N) is 5. The number of hydrogen-bond acceptors (Lipinski definition) is 9. The largest absolute Gasteiger partial charge is 0.401 e. The molecule has 28 heavy (non-hydrogen) atoms. The third kappa shape index (κ3) is 3.79. The highest BCUT2D eigenvalue weighted by molar-refractivity contribution is 7.89. The molecule has 0 unspecified atom stereocenters. The predicted octanol–water partition coefficient (Wildman–Crippen LogP) is 2.02. The van der Waals surface area contributed by atoms with Gasteiger partial charge in [-0.15, -0.1) is 10.2 Å². The lowest BCUT2D eigenvalue weighted by Crippen LogP contribution is -2.35. The van der Waals surface area contributed by atoms with Gasteiger partial charge in [0.2, 0.25) is 10.0 Å². The first kappa shape index (κ1) is 18.7. The second kappa shape index (κ2) is 7.73. The number of amides is 1. The maximum atomic E-state index is 12.7. The number of benzene rings is 1. The molecule has 10 nitrogen and oxygen atoms in total. The van der Waals surface area contributed by atoms with Crippen LogP contribution in [0.4, 0.5) is 6.01 Å². The Morgan fingerprint density at radius 3 is 2.50 bits per heavy atom. The van der Waals surface area contributed by atoms with Crippen LogP contribution in [0.15, 0.2) is 39.0 Å². The Balaban J connectivity index is 1.45. The standard InChI is InChI=1S/C16H16N6O4S2/c23-14(17-16-20-19-15(26-16)13-10-27-21-18-13)11-4-6-12(7-5-11)28(24,25)22-8-2-1-3-9-22/h4-7,10H,1-3,8-9H2,(H,17,20,23). The molecule has 0 radical (unpaired) electrons. The van der Waals surface area contributed by atoms with Crippen LogP contribution in [0, 0.1) is 0 Å². The highest BCUT2D eigenvalue weighted by Gasteiger charge is 2.26. The number of carbonyl (C=O) groups is 1. The third-order valence-electron chi connectivity index (χ3n) is 4.29. The molecule has 1 aromatic carbocycles. The number of anilines is 1. The van der Waals surface area contributed by atoms with Crippen LogP contribution >= 0.6 is 11.5 Å². The van der Waals surface area contributed by atoms with Gasteiger partial charge < -0.3 is 4.42 Å². The summed E-state index contributed by atoms with van der Waals surface area (Å²) in [7, 11) is -3.54. The summed E-state index contributed by atoms with van der Waals surface area (Å²) in [6.45, 7) is 1.05. The molecule has 0 atom stereocenters. The SMILES string of the molecule is O=C(Nc1nnc(-c2csnn2)o1)c1ccc(S(=O)(=O)N2CCCCC2)cc1. The summed E-state index contributed by atoms with van der Waals surface area (Å²) in [5.41, 5.74) is 0.693. The van der Waals surface area contributed by atoms with Crippen molar-refractivity contribution in [1.29, 1.82) is 0 Å². The zero-order valence-electron chi connectivity index (χ0n) is 14.6. The van der Waals surface area contributed by atoms with Gasteiger partial charge >= 0.3 is 6.01 Å².